The van der Waals surface area contributed by atoms with E-state index in [2.05, 4.69) is 17.6 Å². The molecule has 5 heteroatoms. The minimum atomic E-state index is -0.936. The number of aromatic nitrogens is 1. The lowest BCUT2D eigenvalue weighted by molar-refractivity contribution is -0.149. The van der Waals surface area contributed by atoms with E-state index in [0.717, 1.165) is 17.9 Å². The monoisotopic (exact) mass is 347 g/mol. The Morgan fingerprint density at radius 1 is 1.20 bits per heavy atom. The number of nitrogens with zero attached hydrogens (tertiary/aromatic N) is 1. The molecule has 1 unspecified atom stereocenters. The molecule has 0 radical (unpaired) electrons. The summed E-state index contributed by atoms with van der Waals surface area (Å²) >= 11 is 0. The van der Waals surface area contributed by atoms with Crippen LogP contribution in [0.15, 0.2) is 42.6 Å². The zero-order valence-corrected chi connectivity index (χ0v) is 15.6. The molecule has 0 saturated heterocycles. The summed E-state index contributed by atoms with van der Waals surface area (Å²) in [4.78, 5) is 11.1. The maximum atomic E-state index is 11.1. The van der Waals surface area contributed by atoms with Gasteiger partial charge in [-0.3, -0.25) is 0 Å². The van der Waals surface area contributed by atoms with Gasteiger partial charge in [-0.1, -0.05) is 26.0 Å². The van der Waals surface area contributed by atoms with Crippen molar-refractivity contribution in [3.05, 3.63) is 53.9 Å². The Morgan fingerprint density at radius 2 is 1.88 bits per heavy atom. The SMILES string of the molecule is CC.CCOC(Cc1ccc(OCCn2cccc2C)cc1)C(=O)O. The van der Waals surface area contributed by atoms with Crippen LogP contribution in [0.1, 0.15) is 32.0 Å². The van der Waals surface area contributed by atoms with E-state index < -0.39 is 12.1 Å². The third kappa shape index (κ3) is 7.01. The van der Waals surface area contributed by atoms with E-state index in [1.807, 2.05) is 50.4 Å². The van der Waals surface area contributed by atoms with Crippen molar-refractivity contribution in [3.63, 3.8) is 0 Å². The highest BCUT2D eigenvalue weighted by Gasteiger charge is 2.17. The number of aryl methyl sites for hydroxylation is 1. The first-order valence-electron chi connectivity index (χ1n) is 8.78. The summed E-state index contributed by atoms with van der Waals surface area (Å²) in [6, 6.07) is 11.6. The number of benzene rings is 1. The second-order valence-electron chi connectivity index (χ2n) is 5.32. The number of hydrogen-bond acceptors (Lipinski definition) is 3. The smallest absolute Gasteiger partial charge is 0.333 e. The van der Waals surface area contributed by atoms with Crippen LogP contribution in [-0.4, -0.2) is 35.0 Å². The summed E-state index contributed by atoms with van der Waals surface area (Å²) in [5, 5.41) is 9.10. The molecule has 1 heterocycles. The van der Waals surface area contributed by atoms with Gasteiger partial charge in [0.25, 0.3) is 0 Å². The molecule has 5 nitrogen and oxygen atoms in total. The molecule has 0 aliphatic rings. The van der Waals surface area contributed by atoms with Crippen LogP contribution in [0.5, 0.6) is 5.75 Å². The van der Waals surface area contributed by atoms with Crippen LogP contribution in [0.3, 0.4) is 0 Å². The lowest BCUT2D eigenvalue weighted by Crippen LogP contribution is -2.26. The highest BCUT2D eigenvalue weighted by Crippen LogP contribution is 2.15. The number of carboxylic acid groups (broad SMARTS) is 1. The molecule has 0 bridgehead atoms. The van der Waals surface area contributed by atoms with Gasteiger partial charge in [-0.2, -0.15) is 0 Å². The van der Waals surface area contributed by atoms with E-state index in [-0.39, 0.29) is 0 Å². The van der Waals surface area contributed by atoms with Crippen LogP contribution in [0.4, 0.5) is 0 Å². The maximum absolute atomic E-state index is 11.1. The van der Waals surface area contributed by atoms with Crippen molar-refractivity contribution in [2.75, 3.05) is 13.2 Å². The summed E-state index contributed by atoms with van der Waals surface area (Å²) in [6.45, 7) is 9.62. The fourth-order valence-electron chi connectivity index (χ4n) is 2.37. The molecule has 0 amide bonds. The average molecular weight is 347 g/mol. The molecule has 0 fully saturated rings. The molecule has 138 valence electrons. The molecule has 0 spiro atoms. The Labute approximate surface area is 150 Å². The second kappa shape index (κ2) is 11.3. The van der Waals surface area contributed by atoms with Crippen LogP contribution in [0.2, 0.25) is 0 Å². The minimum absolute atomic E-state index is 0.353. The van der Waals surface area contributed by atoms with Gasteiger partial charge < -0.3 is 19.1 Å². The van der Waals surface area contributed by atoms with Crippen molar-refractivity contribution >= 4 is 5.97 Å². The van der Waals surface area contributed by atoms with Gasteiger partial charge in [-0.05, 0) is 43.7 Å². The first kappa shape index (κ1) is 20.8. The first-order chi connectivity index (χ1) is 12.1. The molecule has 1 atom stereocenters. The van der Waals surface area contributed by atoms with Gasteiger partial charge in [-0.15, -0.1) is 0 Å². The summed E-state index contributed by atoms with van der Waals surface area (Å²) in [5.74, 6) is -0.156. The van der Waals surface area contributed by atoms with Gasteiger partial charge in [0.15, 0.2) is 6.10 Å². The molecule has 1 aromatic carbocycles. The van der Waals surface area contributed by atoms with E-state index >= 15 is 0 Å². The number of aliphatic carboxylic acids is 1. The highest BCUT2D eigenvalue weighted by atomic mass is 16.5. The predicted molar refractivity (Wildman–Crippen MR) is 99.2 cm³/mol. The van der Waals surface area contributed by atoms with Crippen LogP contribution >= 0.6 is 0 Å². The molecule has 2 aromatic rings. The molecule has 1 N–H and O–H groups in total. The fourth-order valence-corrected chi connectivity index (χ4v) is 2.37. The van der Waals surface area contributed by atoms with Crippen LogP contribution in [-0.2, 0) is 22.5 Å². The molecule has 1 aromatic heterocycles. The van der Waals surface area contributed by atoms with Crippen LogP contribution in [0, 0.1) is 6.92 Å². The lowest BCUT2D eigenvalue weighted by Gasteiger charge is -2.13. The molecular formula is C20H29NO4. The maximum Gasteiger partial charge on any atom is 0.333 e. The third-order valence-corrected chi connectivity index (χ3v) is 3.65. The molecule has 2 rings (SSSR count). The van der Waals surface area contributed by atoms with E-state index in [1.54, 1.807) is 6.92 Å². The zero-order chi connectivity index (χ0) is 18.7. The Hall–Kier alpha value is -2.27. The normalized spacial score (nSPS) is 11.4. The summed E-state index contributed by atoms with van der Waals surface area (Å²) < 4.78 is 13.1. The number of hydrogen-bond donors (Lipinski definition) is 1. The highest BCUT2D eigenvalue weighted by molar-refractivity contribution is 5.72. The van der Waals surface area contributed by atoms with Crippen molar-refractivity contribution in [3.8, 4) is 5.75 Å². The Balaban J connectivity index is 0.00000151. The third-order valence-electron chi connectivity index (χ3n) is 3.65. The van der Waals surface area contributed by atoms with Crippen molar-refractivity contribution in [1.29, 1.82) is 0 Å². The van der Waals surface area contributed by atoms with Crippen molar-refractivity contribution in [1.82, 2.24) is 4.57 Å². The molecule has 0 saturated carbocycles. The number of rotatable bonds is 9. The first-order valence-corrected chi connectivity index (χ1v) is 8.78. The van der Waals surface area contributed by atoms with Crippen molar-refractivity contribution in [2.45, 2.75) is 46.8 Å². The molecular weight excluding hydrogens is 318 g/mol. The standard InChI is InChI=1S/C18H23NO4.C2H6/c1-3-22-17(18(20)21)13-15-6-8-16(9-7-15)23-12-11-19-10-4-5-14(19)2;1-2/h4-10,17H,3,11-13H2,1-2H3,(H,20,21);1-2H3. The van der Waals surface area contributed by atoms with Gasteiger partial charge >= 0.3 is 5.97 Å². The van der Waals surface area contributed by atoms with Crippen molar-refractivity contribution < 1.29 is 19.4 Å². The summed E-state index contributed by atoms with van der Waals surface area (Å²) in [5.41, 5.74) is 2.12. The lowest BCUT2D eigenvalue weighted by atomic mass is 10.1. The molecule has 0 aliphatic heterocycles. The average Bonchev–Trinajstić information content (AvgIpc) is 3.03. The summed E-state index contributed by atoms with van der Waals surface area (Å²) in [6.07, 6.45) is 1.58. The Morgan fingerprint density at radius 3 is 2.40 bits per heavy atom. The van der Waals surface area contributed by atoms with Gasteiger partial charge in [0.05, 0.1) is 6.54 Å². The number of ether oxygens (including phenoxy) is 2. The summed E-state index contributed by atoms with van der Waals surface area (Å²) in [7, 11) is 0. The second-order valence-corrected chi connectivity index (χ2v) is 5.32. The fraction of sp³-hybridized carbons (Fsp3) is 0.450. The largest absolute Gasteiger partial charge is 0.492 e. The zero-order valence-electron chi connectivity index (χ0n) is 15.6. The van der Waals surface area contributed by atoms with E-state index in [9.17, 15) is 4.79 Å². The minimum Gasteiger partial charge on any atom is -0.492 e. The van der Waals surface area contributed by atoms with E-state index in [4.69, 9.17) is 14.6 Å². The molecule has 25 heavy (non-hydrogen) atoms. The van der Waals surface area contributed by atoms with E-state index in [0.29, 0.717) is 19.6 Å². The van der Waals surface area contributed by atoms with E-state index in [1.165, 1.54) is 5.69 Å². The van der Waals surface area contributed by atoms with Gasteiger partial charge in [-0.25, -0.2) is 4.79 Å². The topological polar surface area (TPSA) is 60.7 Å². The number of carboxylic acids is 1. The Bertz CT molecular complexity index is 619. The van der Waals surface area contributed by atoms with Crippen LogP contribution < -0.4 is 4.74 Å². The van der Waals surface area contributed by atoms with Gasteiger partial charge in [0, 0.05) is 24.9 Å². The predicted octanol–water partition coefficient (Wildman–Crippen LogP) is 3.93. The Kier molecular flexibility index (Phi) is 9.40. The van der Waals surface area contributed by atoms with Crippen molar-refractivity contribution in [2.24, 2.45) is 0 Å². The molecule has 0 aliphatic carbocycles. The van der Waals surface area contributed by atoms with Gasteiger partial charge in [0.2, 0.25) is 0 Å². The quantitative estimate of drug-likeness (QED) is 0.746. The van der Waals surface area contributed by atoms with Crippen LogP contribution in [0.25, 0.3) is 0 Å². The van der Waals surface area contributed by atoms with Gasteiger partial charge in [0.1, 0.15) is 12.4 Å². The number of carbonyl (C=O) groups is 1.